The molecule has 0 fully saturated rings. The number of hydrogen-bond donors (Lipinski definition) is 1. The van der Waals surface area contributed by atoms with Gasteiger partial charge in [-0.15, -0.1) is 0 Å². The summed E-state index contributed by atoms with van der Waals surface area (Å²) in [5, 5.41) is 0. The van der Waals surface area contributed by atoms with Crippen molar-refractivity contribution in [3.05, 3.63) is 0 Å². The van der Waals surface area contributed by atoms with Gasteiger partial charge in [0.15, 0.2) is 0 Å². The molecule has 0 atom stereocenters. The van der Waals surface area contributed by atoms with Gasteiger partial charge in [0, 0.05) is 0 Å². The van der Waals surface area contributed by atoms with Crippen molar-refractivity contribution in [2.45, 2.75) is 0 Å². The van der Waals surface area contributed by atoms with Crippen molar-refractivity contribution in [1.82, 2.24) is 0 Å². The van der Waals surface area contributed by atoms with Crippen molar-refractivity contribution < 1.29 is 14.1 Å². The fourth-order valence-corrected chi connectivity index (χ4v) is 0. The molecule has 2 N–H and O–H groups in total. The molecule has 0 rings (SSSR count). The molecule has 5 heteroatoms. The zero-order chi connectivity index (χ0) is 4.50. The van der Waals surface area contributed by atoms with Gasteiger partial charge < -0.3 is 0 Å². The van der Waals surface area contributed by atoms with Crippen LogP contribution in [0, 0.1) is 0 Å². The Morgan fingerprint density at radius 3 is 1.20 bits per heavy atom. The van der Waals surface area contributed by atoms with Crippen LogP contribution in [0.3, 0.4) is 0 Å². The van der Waals surface area contributed by atoms with E-state index in [0.29, 0.717) is 0 Å². The second kappa shape index (κ2) is 2.03. The maximum absolute atomic E-state index is 5.05. The molecule has 1 nitrogen and oxygen atoms in total. The van der Waals surface area contributed by atoms with E-state index in [1.165, 1.54) is 0 Å². The molecule has 0 saturated carbocycles. The van der Waals surface area contributed by atoms with Crippen molar-refractivity contribution in [3.8, 4) is 0 Å². The SMILES string of the molecule is [NH2][Ta]([Cl])([Cl])[Cl]. The summed E-state index contributed by atoms with van der Waals surface area (Å²) in [5.41, 5.74) is 0. The summed E-state index contributed by atoms with van der Waals surface area (Å²) < 4.78 is 4.87. The van der Waals surface area contributed by atoms with Crippen molar-refractivity contribution >= 4 is 27.6 Å². The molecule has 0 aromatic rings. The van der Waals surface area contributed by atoms with E-state index in [9.17, 15) is 0 Å². The molecule has 0 bridgehead atoms. The average Bonchev–Trinajstić information content (AvgIpc) is 0.722. The number of halogens is 3. The normalized spacial score (nSPS) is 12.0. The van der Waals surface area contributed by atoms with Crippen LogP contribution in [0.1, 0.15) is 0 Å². The second-order valence-electron chi connectivity index (χ2n) is 0.484. The fraction of sp³-hybridized carbons (Fsp3) is 0. The van der Waals surface area contributed by atoms with Crippen LogP contribution in [0.2, 0.25) is 0 Å². The molecule has 0 aliphatic carbocycles. The van der Waals surface area contributed by atoms with Gasteiger partial charge in [0.05, 0.1) is 0 Å². The van der Waals surface area contributed by atoms with Crippen LogP contribution < -0.4 is 4.14 Å². The molecule has 0 heterocycles. The molecule has 0 radical (unpaired) electrons. The van der Waals surface area contributed by atoms with Crippen LogP contribution in [0.4, 0.5) is 0 Å². The first-order valence-corrected chi connectivity index (χ1v) is 14.6. The van der Waals surface area contributed by atoms with E-state index in [2.05, 4.69) is 0 Å². The van der Waals surface area contributed by atoms with Gasteiger partial charge in [0.25, 0.3) is 0 Å². The summed E-state index contributed by atoms with van der Waals surface area (Å²) in [6.07, 6.45) is 0. The van der Waals surface area contributed by atoms with E-state index in [1.807, 2.05) is 0 Å². The predicted molar refractivity (Wildman–Crippen MR) is 21.7 cm³/mol. The number of rotatable bonds is 0. The molecule has 0 unspecified atom stereocenters. The van der Waals surface area contributed by atoms with Gasteiger partial charge in [-0.2, -0.15) is 0 Å². The molecule has 0 aromatic carbocycles. The molecular weight excluding hydrogens is 301 g/mol. The Hall–Kier alpha value is 1.57. The van der Waals surface area contributed by atoms with E-state index in [-0.39, 0.29) is 0 Å². The van der Waals surface area contributed by atoms with Crippen LogP contribution in [0.5, 0.6) is 0 Å². The monoisotopic (exact) mass is 302 g/mol. The third-order valence-electron chi connectivity index (χ3n) is 0. The number of hydrogen-bond acceptors (Lipinski definition) is 1. The van der Waals surface area contributed by atoms with Crippen molar-refractivity contribution in [3.63, 3.8) is 0 Å². The molecule has 0 aliphatic heterocycles. The fourth-order valence-electron chi connectivity index (χ4n) is 0. The Balaban J connectivity index is 3.02. The maximum atomic E-state index is 5.05. The molecule has 0 aliphatic rings. The van der Waals surface area contributed by atoms with Gasteiger partial charge in [-0.3, -0.25) is 0 Å². The minimum atomic E-state index is -3.31. The van der Waals surface area contributed by atoms with Gasteiger partial charge >= 0.3 is 45.9 Å². The summed E-state index contributed by atoms with van der Waals surface area (Å²) in [6.45, 7) is 0. The minimum absolute atomic E-state index is 3.31. The predicted octanol–water partition coefficient (Wildman–Crippen LogP) is 1.48. The van der Waals surface area contributed by atoms with Gasteiger partial charge in [-0.05, 0) is 0 Å². The molecule has 33 valence electrons. The molecular formula is H2Cl3NTa. The average molecular weight is 303 g/mol. The Kier molecular flexibility index (Phi) is 2.67. The summed E-state index contributed by atoms with van der Waals surface area (Å²) in [4.78, 5) is 0. The summed E-state index contributed by atoms with van der Waals surface area (Å²) in [5.74, 6) is 0. The van der Waals surface area contributed by atoms with Crippen LogP contribution in [0.25, 0.3) is 0 Å². The Morgan fingerprint density at radius 1 is 1.20 bits per heavy atom. The van der Waals surface area contributed by atoms with Gasteiger partial charge in [0.1, 0.15) is 0 Å². The molecule has 0 saturated heterocycles. The van der Waals surface area contributed by atoms with Gasteiger partial charge in [-0.1, -0.05) is 0 Å². The van der Waals surface area contributed by atoms with E-state index in [0.717, 1.165) is 0 Å². The van der Waals surface area contributed by atoms with Crippen molar-refractivity contribution in [2.75, 3.05) is 0 Å². The zero-order valence-corrected chi connectivity index (χ0v) is 7.64. The molecule has 5 heavy (non-hydrogen) atoms. The van der Waals surface area contributed by atoms with Crippen LogP contribution in [-0.2, 0) is 14.1 Å². The first-order valence-electron chi connectivity index (χ1n) is 0.765. The topological polar surface area (TPSA) is 26.0 Å². The van der Waals surface area contributed by atoms with E-state index in [4.69, 9.17) is 31.7 Å². The van der Waals surface area contributed by atoms with Gasteiger partial charge in [-0.25, -0.2) is 0 Å². The summed E-state index contributed by atoms with van der Waals surface area (Å²) in [7, 11) is 15.2. The second-order valence-corrected chi connectivity index (χ2v) is 21.3. The van der Waals surface area contributed by atoms with Crippen molar-refractivity contribution in [1.29, 1.82) is 0 Å². The van der Waals surface area contributed by atoms with E-state index in [1.54, 1.807) is 0 Å². The van der Waals surface area contributed by atoms with Crippen LogP contribution in [-0.4, -0.2) is 0 Å². The van der Waals surface area contributed by atoms with Crippen LogP contribution >= 0.6 is 27.6 Å². The summed E-state index contributed by atoms with van der Waals surface area (Å²) in [6, 6.07) is 0. The molecule has 0 aromatic heterocycles. The Morgan fingerprint density at radius 2 is 1.20 bits per heavy atom. The standard InChI is InChI=1S/3ClH.H2N.Ta/h3*1H;1H2;/q;;;-1;+4/p-3. The molecule has 0 spiro atoms. The quantitative estimate of drug-likeness (QED) is 0.721. The van der Waals surface area contributed by atoms with E-state index < -0.39 is 14.1 Å². The molecule has 0 amide bonds. The Labute approximate surface area is 45.7 Å². The van der Waals surface area contributed by atoms with Gasteiger partial charge in [0.2, 0.25) is 0 Å². The van der Waals surface area contributed by atoms with Crippen molar-refractivity contribution in [2.24, 2.45) is 4.14 Å². The Bertz CT molecular complexity index is 22.4. The van der Waals surface area contributed by atoms with Crippen LogP contribution in [0.15, 0.2) is 0 Å². The number of nitrogens with two attached hydrogens (primary N) is 1. The third kappa shape index (κ3) is 28.8. The first kappa shape index (κ1) is 6.57. The first-order chi connectivity index (χ1) is 2.00. The zero-order valence-electron chi connectivity index (χ0n) is 2.16. The van der Waals surface area contributed by atoms with E-state index >= 15 is 0 Å². The third-order valence-corrected chi connectivity index (χ3v) is 0. The summed E-state index contributed by atoms with van der Waals surface area (Å²) >= 11 is -3.31.